The Morgan fingerprint density at radius 3 is 2.75 bits per heavy atom. The van der Waals surface area contributed by atoms with Crippen LogP contribution in [0.4, 0.5) is 10.5 Å². The van der Waals surface area contributed by atoms with Crippen LogP contribution >= 0.6 is 0 Å². The molecule has 0 fully saturated rings. The second kappa shape index (κ2) is 8.00. The molecular weight excluding hydrogens is 264 g/mol. The lowest BCUT2D eigenvalue weighted by Crippen LogP contribution is -2.43. The Morgan fingerprint density at radius 1 is 1.40 bits per heavy atom. The molecule has 0 saturated heterocycles. The lowest BCUT2D eigenvalue weighted by Gasteiger charge is -2.14. The Hall–Kier alpha value is -2.28. The average molecular weight is 282 g/mol. The smallest absolute Gasteiger partial charge is 0.326 e. The van der Waals surface area contributed by atoms with E-state index in [9.17, 15) is 9.59 Å². The fourth-order valence-electron chi connectivity index (χ4n) is 1.54. The molecule has 1 aromatic rings. The largest absolute Gasteiger partial charge is 0.494 e. The summed E-state index contributed by atoms with van der Waals surface area (Å²) in [7, 11) is 0. The fraction of sp³-hybridized carbons (Fsp3) is 0.385. The van der Waals surface area contributed by atoms with Crippen molar-refractivity contribution in [3.05, 3.63) is 24.3 Å². The van der Waals surface area contributed by atoms with E-state index in [1.54, 1.807) is 24.3 Å². The van der Waals surface area contributed by atoms with Crippen LogP contribution in [0.1, 0.15) is 13.3 Å². The van der Waals surface area contributed by atoms with E-state index in [1.807, 2.05) is 6.92 Å². The second-order valence-electron chi connectivity index (χ2n) is 3.96. The van der Waals surface area contributed by atoms with Gasteiger partial charge in [-0.1, -0.05) is 6.07 Å². The third-order valence-corrected chi connectivity index (χ3v) is 2.42. The monoisotopic (exact) mass is 282 g/mol. The van der Waals surface area contributed by atoms with Gasteiger partial charge in [-0.2, -0.15) is 0 Å². The van der Waals surface area contributed by atoms with Gasteiger partial charge in [0.05, 0.1) is 6.61 Å². The predicted octanol–water partition coefficient (Wildman–Crippen LogP) is 1.04. The summed E-state index contributed by atoms with van der Waals surface area (Å²) in [6.45, 7) is 2.03. The molecule has 0 radical (unpaired) electrons. The van der Waals surface area contributed by atoms with Crippen molar-refractivity contribution in [2.45, 2.75) is 19.4 Å². The van der Waals surface area contributed by atoms with Gasteiger partial charge in [-0.25, -0.2) is 9.59 Å². The molecule has 0 spiro atoms. The van der Waals surface area contributed by atoms with Crippen LogP contribution in [0, 0.1) is 0 Å². The molecule has 0 unspecified atom stereocenters. The third kappa shape index (κ3) is 5.15. The van der Waals surface area contributed by atoms with Crippen molar-refractivity contribution in [2.24, 2.45) is 0 Å². The number of ether oxygens (including phenoxy) is 1. The van der Waals surface area contributed by atoms with E-state index in [4.69, 9.17) is 14.9 Å². The molecule has 0 heterocycles. The van der Waals surface area contributed by atoms with Crippen molar-refractivity contribution >= 4 is 17.7 Å². The maximum Gasteiger partial charge on any atom is 0.326 e. The number of benzene rings is 1. The molecule has 0 aliphatic heterocycles. The van der Waals surface area contributed by atoms with Crippen LogP contribution in [-0.2, 0) is 4.79 Å². The average Bonchev–Trinajstić information content (AvgIpc) is 2.38. The van der Waals surface area contributed by atoms with Crippen LogP contribution < -0.4 is 15.4 Å². The van der Waals surface area contributed by atoms with Crippen molar-refractivity contribution in [1.82, 2.24) is 5.32 Å². The summed E-state index contributed by atoms with van der Waals surface area (Å²) in [5.74, 6) is -0.590. The van der Waals surface area contributed by atoms with Crippen molar-refractivity contribution < 1.29 is 24.5 Å². The summed E-state index contributed by atoms with van der Waals surface area (Å²) in [6.07, 6.45) is -0.0538. The summed E-state index contributed by atoms with van der Waals surface area (Å²) in [5.41, 5.74) is 0.488. The molecule has 0 aliphatic rings. The van der Waals surface area contributed by atoms with Gasteiger partial charge in [0.1, 0.15) is 11.8 Å². The molecule has 4 N–H and O–H groups in total. The van der Waals surface area contributed by atoms with Gasteiger partial charge in [-0.15, -0.1) is 0 Å². The second-order valence-corrected chi connectivity index (χ2v) is 3.96. The minimum atomic E-state index is -1.20. The van der Waals surface area contributed by atoms with Gasteiger partial charge in [0, 0.05) is 24.8 Å². The topological polar surface area (TPSA) is 108 Å². The molecule has 1 atom stereocenters. The lowest BCUT2D eigenvalue weighted by atomic mass is 10.2. The van der Waals surface area contributed by atoms with Crippen LogP contribution in [0.25, 0.3) is 0 Å². The van der Waals surface area contributed by atoms with Crippen molar-refractivity contribution in [1.29, 1.82) is 0 Å². The molecule has 0 aromatic heterocycles. The van der Waals surface area contributed by atoms with Crippen LogP contribution in [0.15, 0.2) is 24.3 Å². The van der Waals surface area contributed by atoms with Gasteiger partial charge >= 0.3 is 12.0 Å². The van der Waals surface area contributed by atoms with Gasteiger partial charge in [0.15, 0.2) is 0 Å². The number of aliphatic hydroxyl groups excluding tert-OH is 1. The van der Waals surface area contributed by atoms with Crippen LogP contribution in [0.2, 0.25) is 0 Å². The Bertz CT molecular complexity index is 464. The van der Waals surface area contributed by atoms with Gasteiger partial charge in [-0.05, 0) is 19.1 Å². The molecule has 20 heavy (non-hydrogen) atoms. The summed E-state index contributed by atoms with van der Waals surface area (Å²) in [6, 6.07) is 4.96. The highest BCUT2D eigenvalue weighted by atomic mass is 16.5. The zero-order chi connectivity index (χ0) is 15.0. The number of carbonyl (C=O) groups is 2. The van der Waals surface area contributed by atoms with Crippen molar-refractivity contribution in [3.8, 4) is 5.75 Å². The zero-order valence-corrected chi connectivity index (χ0v) is 11.1. The molecule has 0 saturated carbocycles. The van der Waals surface area contributed by atoms with E-state index in [2.05, 4.69) is 10.6 Å². The first-order chi connectivity index (χ1) is 9.56. The quantitative estimate of drug-likeness (QED) is 0.597. The molecular formula is C13H18N2O5. The van der Waals surface area contributed by atoms with E-state index in [0.717, 1.165) is 0 Å². The number of aliphatic hydroxyl groups is 1. The summed E-state index contributed by atoms with van der Waals surface area (Å²) in [5, 5.41) is 22.4. The number of anilines is 1. The summed E-state index contributed by atoms with van der Waals surface area (Å²) in [4.78, 5) is 22.5. The van der Waals surface area contributed by atoms with Gasteiger partial charge in [0.25, 0.3) is 0 Å². The molecule has 1 aromatic carbocycles. The van der Waals surface area contributed by atoms with E-state index in [1.165, 1.54) is 0 Å². The minimum absolute atomic E-state index is 0.0538. The summed E-state index contributed by atoms with van der Waals surface area (Å²) < 4.78 is 5.29. The number of carboxylic acids is 1. The maximum absolute atomic E-state index is 11.7. The third-order valence-electron chi connectivity index (χ3n) is 2.42. The highest BCUT2D eigenvalue weighted by Gasteiger charge is 2.19. The zero-order valence-electron chi connectivity index (χ0n) is 11.1. The first-order valence-electron chi connectivity index (χ1n) is 6.20. The van der Waals surface area contributed by atoms with Crippen molar-refractivity contribution in [2.75, 3.05) is 18.5 Å². The number of amides is 2. The normalized spacial score (nSPS) is 11.5. The van der Waals surface area contributed by atoms with E-state index in [-0.39, 0.29) is 13.0 Å². The van der Waals surface area contributed by atoms with Crippen molar-refractivity contribution in [3.63, 3.8) is 0 Å². The number of carbonyl (C=O) groups excluding carboxylic acids is 1. The SMILES string of the molecule is CCOc1cccc(NC(=O)N[C@H](CCO)C(=O)O)c1. The van der Waals surface area contributed by atoms with Gasteiger partial charge < -0.3 is 25.6 Å². The number of hydrogen-bond donors (Lipinski definition) is 4. The number of nitrogens with one attached hydrogen (secondary N) is 2. The number of urea groups is 1. The number of rotatable bonds is 7. The molecule has 110 valence electrons. The maximum atomic E-state index is 11.7. The lowest BCUT2D eigenvalue weighted by molar-refractivity contribution is -0.139. The number of aliphatic carboxylic acids is 1. The molecule has 7 heteroatoms. The highest BCUT2D eigenvalue weighted by Crippen LogP contribution is 2.17. The predicted molar refractivity (Wildman–Crippen MR) is 72.9 cm³/mol. The Labute approximate surface area is 116 Å². The van der Waals surface area contributed by atoms with Crippen LogP contribution in [0.3, 0.4) is 0 Å². The summed E-state index contributed by atoms with van der Waals surface area (Å²) >= 11 is 0. The van der Waals surface area contributed by atoms with Gasteiger partial charge in [0.2, 0.25) is 0 Å². The van der Waals surface area contributed by atoms with E-state index in [0.29, 0.717) is 18.0 Å². The molecule has 1 rings (SSSR count). The molecule has 2 amide bonds. The first kappa shape index (κ1) is 15.8. The minimum Gasteiger partial charge on any atom is -0.494 e. The molecule has 0 bridgehead atoms. The molecule has 7 nitrogen and oxygen atoms in total. The Morgan fingerprint density at radius 2 is 2.15 bits per heavy atom. The Kier molecular flexibility index (Phi) is 6.31. The standard InChI is InChI=1S/C13H18N2O5/c1-2-20-10-5-3-4-9(8-10)14-13(19)15-11(6-7-16)12(17)18/h3-5,8,11,16H,2,6-7H2,1H3,(H,17,18)(H2,14,15,19)/t11-/m1/s1. The Balaban J connectivity index is 2.61. The van der Waals surface area contributed by atoms with E-state index < -0.39 is 18.0 Å². The number of carboxylic acid groups (broad SMARTS) is 1. The fourth-order valence-corrected chi connectivity index (χ4v) is 1.54. The first-order valence-corrected chi connectivity index (χ1v) is 6.20. The highest BCUT2D eigenvalue weighted by molar-refractivity contribution is 5.92. The van der Waals surface area contributed by atoms with E-state index >= 15 is 0 Å². The van der Waals surface area contributed by atoms with Crippen LogP contribution in [-0.4, -0.2) is 41.5 Å². The van der Waals surface area contributed by atoms with Gasteiger partial charge in [-0.3, -0.25) is 0 Å². The van der Waals surface area contributed by atoms with Crippen LogP contribution in [0.5, 0.6) is 5.75 Å². The molecule has 0 aliphatic carbocycles. The number of hydrogen-bond acceptors (Lipinski definition) is 4.